The number of nitrogens with zero attached hydrogens (tertiary/aromatic N) is 4. The maximum atomic E-state index is 13.4. The molecule has 7 nitrogen and oxygen atoms in total. The second kappa shape index (κ2) is 10.7. The van der Waals surface area contributed by atoms with Gasteiger partial charge in [-0.1, -0.05) is 23.7 Å². The molecule has 0 aliphatic heterocycles. The highest BCUT2D eigenvalue weighted by Crippen LogP contribution is 2.34. The first-order valence-corrected chi connectivity index (χ1v) is 10.6. The predicted molar refractivity (Wildman–Crippen MR) is 127 cm³/mol. The molecule has 3 aromatic rings. The zero-order chi connectivity index (χ0) is 24.9. The van der Waals surface area contributed by atoms with Crippen LogP contribution in [0.1, 0.15) is 35.9 Å². The number of hydrogen-bond acceptors (Lipinski definition) is 6. The van der Waals surface area contributed by atoms with Gasteiger partial charge in [-0.05, 0) is 42.8 Å². The van der Waals surface area contributed by atoms with Crippen molar-refractivity contribution in [3.63, 3.8) is 0 Å². The molecule has 2 atom stereocenters. The van der Waals surface area contributed by atoms with Crippen LogP contribution in [0.4, 0.5) is 30.4 Å². The predicted octanol–water partition coefficient (Wildman–Crippen LogP) is 5.65. The molecule has 0 saturated carbocycles. The number of hydrogen-bond donors (Lipinski definition) is 3. The van der Waals surface area contributed by atoms with Gasteiger partial charge in [-0.15, -0.1) is 0 Å². The normalized spacial score (nSPS) is 13.5. The maximum Gasteiger partial charge on any atom is 0.416 e. The van der Waals surface area contributed by atoms with Gasteiger partial charge in [0.2, 0.25) is 0 Å². The highest BCUT2D eigenvalue weighted by Gasteiger charge is 2.32. The molecule has 0 aliphatic rings. The van der Waals surface area contributed by atoms with Crippen molar-refractivity contribution in [1.82, 2.24) is 14.9 Å². The molecule has 2 unspecified atom stereocenters. The number of rotatable bonds is 8. The summed E-state index contributed by atoms with van der Waals surface area (Å²) < 4.78 is 40.2. The Hall–Kier alpha value is -3.37. The number of aromatic nitrogens is 2. The molecule has 3 rings (SSSR count). The zero-order valence-electron chi connectivity index (χ0n) is 18.7. The first kappa shape index (κ1) is 25.3. The van der Waals surface area contributed by atoms with Crippen molar-refractivity contribution >= 4 is 35.1 Å². The average Bonchev–Trinajstić information content (AvgIpc) is 2.77. The van der Waals surface area contributed by atoms with E-state index in [-0.39, 0.29) is 22.4 Å². The summed E-state index contributed by atoms with van der Waals surface area (Å²) in [6, 6.07) is 10.2. The van der Waals surface area contributed by atoms with Gasteiger partial charge in [0.15, 0.2) is 6.23 Å². The molecule has 180 valence electrons. The number of alkyl halides is 3. The van der Waals surface area contributed by atoms with E-state index in [9.17, 15) is 18.3 Å². The van der Waals surface area contributed by atoms with Crippen LogP contribution in [0.2, 0.25) is 5.15 Å². The molecule has 34 heavy (non-hydrogen) atoms. The van der Waals surface area contributed by atoms with E-state index in [1.807, 2.05) is 13.0 Å². The first-order chi connectivity index (χ1) is 16.0. The van der Waals surface area contributed by atoms with Gasteiger partial charge in [-0.25, -0.2) is 9.98 Å². The minimum absolute atomic E-state index is 0.0338. The Balaban J connectivity index is 1.81. The summed E-state index contributed by atoms with van der Waals surface area (Å²) >= 11 is 5.87. The molecule has 0 saturated heterocycles. The number of benzene rings is 2. The van der Waals surface area contributed by atoms with E-state index in [2.05, 4.69) is 25.6 Å². The third-order valence-corrected chi connectivity index (χ3v) is 4.86. The third-order valence-electron chi connectivity index (χ3n) is 4.68. The lowest BCUT2D eigenvalue weighted by atomic mass is 10.1. The smallest absolute Gasteiger partial charge is 0.369 e. The van der Waals surface area contributed by atoms with Crippen LogP contribution in [0.15, 0.2) is 59.9 Å². The topological polar surface area (TPSA) is 85.7 Å². The van der Waals surface area contributed by atoms with E-state index in [1.165, 1.54) is 24.8 Å². The summed E-state index contributed by atoms with van der Waals surface area (Å²) in [4.78, 5) is 13.8. The van der Waals surface area contributed by atoms with Crippen LogP contribution in [0.3, 0.4) is 0 Å². The number of halogens is 4. The van der Waals surface area contributed by atoms with E-state index in [0.29, 0.717) is 11.5 Å². The Morgan fingerprint density at radius 1 is 1.09 bits per heavy atom. The van der Waals surface area contributed by atoms with Crippen LogP contribution >= 0.6 is 11.6 Å². The Morgan fingerprint density at radius 2 is 1.85 bits per heavy atom. The van der Waals surface area contributed by atoms with Crippen molar-refractivity contribution < 1.29 is 18.3 Å². The van der Waals surface area contributed by atoms with Crippen LogP contribution in [0.5, 0.6) is 0 Å². The quantitative estimate of drug-likeness (QED) is 0.214. The van der Waals surface area contributed by atoms with E-state index < -0.39 is 18.0 Å². The molecule has 0 fully saturated rings. The number of aliphatic imine (C=N–C) groups is 1. The van der Waals surface area contributed by atoms with Crippen LogP contribution in [0, 0.1) is 0 Å². The Kier molecular flexibility index (Phi) is 7.95. The largest absolute Gasteiger partial charge is 0.416 e. The van der Waals surface area contributed by atoms with Gasteiger partial charge in [0.05, 0.1) is 36.0 Å². The summed E-state index contributed by atoms with van der Waals surface area (Å²) in [6.07, 6.45) is -1.62. The molecule has 1 aromatic heterocycles. The van der Waals surface area contributed by atoms with Gasteiger partial charge in [0.1, 0.15) is 11.0 Å². The number of aliphatic hydroxyl groups excluding tert-OH is 1. The summed E-state index contributed by atoms with van der Waals surface area (Å²) in [5.74, 6) is 0.494. The Morgan fingerprint density at radius 3 is 2.53 bits per heavy atom. The van der Waals surface area contributed by atoms with E-state index in [1.54, 1.807) is 37.2 Å². The molecule has 0 aliphatic carbocycles. The lowest BCUT2D eigenvalue weighted by molar-refractivity contribution is -0.137. The van der Waals surface area contributed by atoms with Crippen molar-refractivity contribution in [3.8, 4) is 0 Å². The molecular weight excluding hydrogens is 469 g/mol. The SMILES string of the molecule is CC(Nc1cncc(Cl)n1)c1cccc(NC(O)c2cc(/N=C\N(C)C)cc(C(F)(F)F)c2)c1. The first-order valence-electron chi connectivity index (χ1n) is 10.2. The molecular formula is C23H24ClF3N6O. The second-order valence-corrected chi connectivity index (χ2v) is 8.17. The van der Waals surface area contributed by atoms with Gasteiger partial charge in [0.25, 0.3) is 0 Å². The highest BCUT2D eigenvalue weighted by molar-refractivity contribution is 6.29. The molecule has 0 radical (unpaired) electrons. The molecule has 1 heterocycles. The summed E-state index contributed by atoms with van der Waals surface area (Å²) in [6.45, 7) is 1.90. The molecule has 2 aromatic carbocycles. The highest BCUT2D eigenvalue weighted by atomic mass is 35.5. The lowest BCUT2D eigenvalue weighted by Crippen LogP contribution is -2.13. The van der Waals surface area contributed by atoms with Gasteiger partial charge < -0.3 is 20.6 Å². The van der Waals surface area contributed by atoms with Crippen molar-refractivity contribution in [1.29, 1.82) is 0 Å². The fourth-order valence-corrected chi connectivity index (χ4v) is 3.22. The van der Waals surface area contributed by atoms with Gasteiger partial charge in [-0.3, -0.25) is 4.98 Å². The van der Waals surface area contributed by atoms with E-state index in [0.717, 1.165) is 17.7 Å². The molecule has 0 bridgehead atoms. The van der Waals surface area contributed by atoms with Crippen molar-refractivity contribution in [3.05, 3.63) is 76.7 Å². The maximum absolute atomic E-state index is 13.4. The van der Waals surface area contributed by atoms with Gasteiger partial charge in [-0.2, -0.15) is 13.2 Å². The zero-order valence-corrected chi connectivity index (χ0v) is 19.4. The number of nitrogens with one attached hydrogen (secondary N) is 2. The van der Waals surface area contributed by atoms with E-state index >= 15 is 0 Å². The van der Waals surface area contributed by atoms with Crippen LogP contribution in [-0.4, -0.2) is 40.4 Å². The van der Waals surface area contributed by atoms with Crippen LogP contribution in [0.25, 0.3) is 0 Å². The fourth-order valence-electron chi connectivity index (χ4n) is 3.07. The summed E-state index contributed by atoms with van der Waals surface area (Å²) in [5, 5.41) is 16.9. The number of aliphatic hydroxyl groups is 1. The summed E-state index contributed by atoms with van der Waals surface area (Å²) in [7, 11) is 3.41. The monoisotopic (exact) mass is 492 g/mol. The molecule has 11 heteroatoms. The number of anilines is 2. The molecule has 3 N–H and O–H groups in total. The Bertz CT molecular complexity index is 1160. The van der Waals surface area contributed by atoms with Crippen molar-refractivity contribution in [2.75, 3.05) is 24.7 Å². The third kappa shape index (κ3) is 7.06. The fraction of sp³-hybridized carbons (Fsp3) is 0.261. The summed E-state index contributed by atoms with van der Waals surface area (Å²) in [5.41, 5.74) is 0.580. The van der Waals surface area contributed by atoms with Crippen LogP contribution in [-0.2, 0) is 6.18 Å². The van der Waals surface area contributed by atoms with Crippen molar-refractivity contribution in [2.24, 2.45) is 4.99 Å². The molecule has 0 spiro atoms. The molecule has 0 amide bonds. The standard InChI is InChI=1S/C23H24ClF3N6O/c1-14(30-21-12-28-11-20(24)32-21)15-5-4-6-18(8-15)31-22(34)16-7-17(23(25,26)27)10-19(9-16)29-13-33(2)3/h4-14,22,31,34H,1-3H3,(H,30,32)/b29-13-. The van der Waals surface area contributed by atoms with E-state index in [4.69, 9.17) is 11.6 Å². The minimum Gasteiger partial charge on any atom is -0.369 e. The van der Waals surface area contributed by atoms with Crippen molar-refractivity contribution in [2.45, 2.75) is 25.4 Å². The Labute approximate surface area is 200 Å². The van der Waals surface area contributed by atoms with Gasteiger partial charge >= 0.3 is 6.18 Å². The lowest BCUT2D eigenvalue weighted by Gasteiger charge is -2.19. The second-order valence-electron chi connectivity index (χ2n) is 7.78. The average molecular weight is 493 g/mol. The van der Waals surface area contributed by atoms with Crippen LogP contribution < -0.4 is 10.6 Å². The van der Waals surface area contributed by atoms with Gasteiger partial charge in [0, 0.05) is 25.3 Å². The minimum atomic E-state index is -4.58.